The molecule has 3 heterocycles. The van der Waals surface area contributed by atoms with Crippen LogP contribution >= 0.6 is 11.3 Å². The maximum atomic E-state index is 13.3. The first kappa shape index (κ1) is 18.9. The molecule has 4 rings (SSSR count). The molecule has 0 atom stereocenters. The molecule has 1 aliphatic heterocycles. The third kappa shape index (κ3) is 3.90. The number of hydrogen-bond acceptors (Lipinski definition) is 6. The number of hydrogen-bond donors (Lipinski definition) is 1. The van der Waals surface area contributed by atoms with Crippen molar-refractivity contribution in [3.05, 3.63) is 46.8 Å². The number of benzene rings is 1. The minimum atomic E-state index is -4.38. The van der Waals surface area contributed by atoms with Gasteiger partial charge in [-0.2, -0.15) is 18.2 Å². The second kappa shape index (κ2) is 7.56. The number of nitrogens with one attached hydrogen (secondary N) is 1. The summed E-state index contributed by atoms with van der Waals surface area (Å²) in [6, 6.07) is 7.52. The van der Waals surface area contributed by atoms with Gasteiger partial charge >= 0.3 is 6.18 Å². The van der Waals surface area contributed by atoms with Crippen molar-refractivity contribution in [3.63, 3.8) is 0 Å². The van der Waals surface area contributed by atoms with Gasteiger partial charge in [-0.25, -0.2) is 4.98 Å². The van der Waals surface area contributed by atoms with Crippen molar-refractivity contribution in [1.29, 1.82) is 0 Å². The molecule has 28 heavy (non-hydrogen) atoms. The highest BCUT2D eigenvalue weighted by molar-refractivity contribution is 7.17. The number of thiophene rings is 1. The van der Waals surface area contributed by atoms with Crippen molar-refractivity contribution in [1.82, 2.24) is 14.9 Å². The Bertz CT molecular complexity index is 964. The summed E-state index contributed by atoms with van der Waals surface area (Å²) in [5.41, 5.74) is 0.373. The second-order valence-corrected chi connectivity index (χ2v) is 7.72. The third-order valence-electron chi connectivity index (χ3n) is 4.85. The van der Waals surface area contributed by atoms with E-state index in [-0.39, 0.29) is 12.1 Å². The van der Waals surface area contributed by atoms with Gasteiger partial charge in [-0.15, -0.1) is 11.3 Å². The minimum Gasteiger partial charge on any atom is -0.365 e. The predicted molar refractivity (Wildman–Crippen MR) is 106 cm³/mol. The van der Waals surface area contributed by atoms with Crippen LogP contribution in [0.2, 0.25) is 0 Å². The Morgan fingerprint density at radius 1 is 1.07 bits per heavy atom. The van der Waals surface area contributed by atoms with Crippen LogP contribution in [0.3, 0.4) is 0 Å². The van der Waals surface area contributed by atoms with Crippen molar-refractivity contribution in [3.8, 4) is 0 Å². The third-order valence-corrected chi connectivity index (χ3v) is 5.76. The summed E-state index contributed by atoms with van der Waals surface area (Å²) in [6.07, 6.45) is -4.38. The standard InChI is InChI=1S/C19H20F3N5S/c1-26-7-9-27(10-8-26)18-24-15-6-11-28-16(15)17(25-18)23-12-13-4-2-3-5-14(13)19(20,21)22/h2-6,11H,7-10,12H2,1H3,(H,23,24,25). The number of nitrogens with zero attached hydrogens (tertiary/aromatic N) is 4. The van der Waals surface area contributed by atoms with E-state index in [0.717, 1.165) is 42.5 Å². The van der Waals surface area contributed by atoms with E-state index in [1.54, 1.807) is 6.07 Å². The lowest BCUT2D eigenvalue weighted by molar-refractivity contribution is -0.138. The fourth-order valence-corrected chi connectivity index (χ4v) is 4.05. The molecule has 0 radical (unpaired) electrons. The summed E-state index contributed by atoms with van der Waals surface area (Å²) in [5, 5.41) is 5.03. The average molecular weight is 407 g/mol. The van der Waals surface area contributed by atoms with E-state index in [0.29, 0.717) is 11.8 Å². The molecule has 9 heteroatoms. The van der Waals surface area contributed by atoms with E-state index in [1.165, 1.54) is 23.5 Å². The first-order chi connectivity index (χ1) is 13.4. The zero-order valence-corrected chi connectivity index (χ0v) is 16.1. The zero-order valence-electron chi connectivity index (χ0n) is 15.3. The molecule has 1 fully saturated rings. The van der Waals surface area contributed by atoms with E-state index < -0.39 is 11.7 Å². The fourth-order valence-electron chi connectivity index (χ4n) is 3.25. The largest absolute Gasteiger partial charge is 0.416 e. The molecule has 3 aromatic rings. The van der Waals surface area contributed by atoms with Crippen molar-refractivity contribution in [2.75, 3.05) is 43.4 Å². The molecule has 1 aromatic carbocycles. The highest BCUT2D eigenvalue weighted by Crippen LogP contribution is 2.33. The molecule has 1 saturated heterocycles. The summed E-state index contributed by atoms with van der Waals surface area (Å²) >= 11 is 1.48. The number of likely N-dealkylation sites (N-methyl/N-ethyl adjacent to an activating group) is 1. The molecule has 0 amide bonds. The van der Waals surface area contributed by atoms with Gasteiger partial charge in [0, 0.05) is 32.7 Å². The summed E-state index contributed by atoms with van der Waals surface area (Å²) in [7, 11) is 2.07. The molecule has 0 unspecified atom stereocenters. The summed E-state index contributed by atoms with van der Waals surface area (Å²) < 4.78 is 40.6. The van der Waals surface area contributed by atoms with E-state index >= 15 is 0 Å². The van der Waals surface area contributed by atoms with Gasteiger partial charge in [0.2, 0.25) is 5.95 Å². The van der Waals surface area contributed by atoms with Gasteiger partial charge in [0.25, 0.3) is 0 Å². The maximum absolute atomic E-state index is 13.3. The first-order valence-corrected chi connectivity index (χ1v) is 9.87. The van der Waals surface area contributed by atoms with Crippen LogP contribution in [0.4, 0.5) is 24.9 Å². The highest BCUT2D eigenvalue weighted by atomic mass is 32.1. The molecule has 5 nitrogen and oxygen atoms in total. The molecular formula is C19H20F3N5S. The van der Waals surface area contributed by atoms with Crippen molar-refractivity contribution in [2.24, 2.45) is 0 Å². The van der Waals surface area contributed by atoms with Crippen LogP contribution in [0.5, 0.6) is 0 Å². The Hall–Kier alpha value is -2.39. The monoisotopic (exact) mass is 407 g/mol. The Kier molecular flexibility index (Phi) is 5.11. The average Bonchev–Trinajstić information content (AvgIpc) is 3.15. The van der Waals surface area contributed by atoms with E-state index in [4.69, 9.17) is 0 Å². The van der Waals surface area contributed by atoms with Gasteiger partial charge < -0.3 is 15.1 Å². The normalized spacial score (nSPS) is 15.9. The maximum Gasteiger partial charge on any atom is 0.416 e. The van der Waals surface area contributed by atoms with Crippen molar-refractivity contribution >= 4 is 33.3 Å². The second-order valence-electron chi connectivity index (χ2n) is 6.81. The lowest BCUT2D eigenvalue weighted by Gasteiger charge is -2.32. The topological polar surface area (TPSA) is 44.3 Å². The lowest BCUT2D eigenvalue weighted by atomic mass is 10.1. The van der Waals surface area contributed by atoms with Crippen LogP contribution in [0.1, 0.15) is 11.1 Å². The van der Waals surface area contributed by atoms with Crippen LogP contribution < -0.4 is 10.2 Å². The van der Waals surface area contributed by atoms with Gasteiger partial charge in [0.15, 0.2) is 0 Å². The summed E-state index contributed by atoms with van der Waals surface area (Å²) in [4.78, 5) is 13.6. The number of aromatic nitrogens is 2. The number of alkyl halides is 3. The molecular weight excluding hydrogens is 387 g/mol. The number of fused-ring (bicyclic) bond motifs is 1. The number of piperazine rings is 1. The Balaban J connectivity index is 1.61. The molecule has 0 aliphatic carbocycles. The molecule has 2 aromatic heterocycles. The Labute approximate surface area is 164 Å². The van der Waals surface area contributed by atoms with Gasteiger partial charge in [-0.1, -0.05) is 18.2 Å². The predicted octanol–water partition coefficient (Wildman–Crippen LogP) is 4.07. The SMILES string of the molecule is CN1CCN(c2nc(NCc3ccccc3C(F)(F)F)c3sccc3n2)CC1. The minimum absolute atomic E-state index is 0.0435. The molecule has 0 saturated carbocycles. The van der Waals surface area contributed by atoms with E-state index in [2.05, 4.69) is 32.1 Å². The highest BCUT2D eigenvalue weighted by Gasteiger charge is 2.32. The van der Waals surface area contributed by atoms with E-state index in [1.807, 2.05) is 11.4 Å². The first-order valence-electron chi connectivity index (χ1n) is 8.99. The van der Waals surface area contributed by atoms with Crippen LogP contribution in [0, 0.1) is 0 Å². The number of halogens is 3. The van der Waals surface area contributed by atoms with Gasteiger partial charge in [-0.3, -0.25) is 0 Å². The van der Waals surface area contributed by atoms with Gasteiger partial charge in [-0.05, 0) is 30.1 Å². The van der Waals surface area contributed by atoms with E-state index in [9.17, 15) is 13.2 Å². The number of anilines is 2. The lowest BCUT2D eigenvalue weighted by Crippen LogP contribution is -2.45. The van der Waals surface area contributed by atoms with Gasteiger partial charge in [0.05, 0.1) is 15.8 Å². The molecule has 0 bridgehead atoms. The molecule has 148 valence electrons. The smallest absolute Gasteiger partial charge is 0.365 e. The molecule has 1 N–H and O–H groups in total. The Morgan fingerprint density at radius 3 is 2.57 bits per heavy atom. The fraction of sp³-hybridized carbons (Fsp3) is 0.368. The zero-order chi connectivity index (χ0) is 19.7. The van der Waals surface area contributed by atoms with Crippen LogP contribution in [0.15, 0.2) is 35.7 Å². The van der Waals surface area contributed by atoms with Crippen LogP contribution in [0.25, 0.3) is 10.2 Å². The summed E-state index contributed by atoms with van der Waals surface area (Å²) in [6.45, 7) is 3.53. The van der Waals surface area contributed by atoms with Gasteiger partial charge in [0.1, 0.15) is 5.82 Å². The summed E-state index contributed by atoms with van der Waals surface area (Å²) in [5.74, 6) is 1.19. The van der Waals surface area contributed by atoms with Crippen LogP contribution in [-0.2, 0) is 12.7 Å². The quantitative estimate of drug-likeness (QED) is 0.706. The molecule has 0 spiro atoms. The van der Waals surface area contributed by atoms with Crippen molar-refractivity contribution < 1.29 is 13.2 Å². The van der Waals surface area contributed by atoms with Crippen molar-refractivity contribution in [2.45, 2.75) is 12.7 Å². The molecule has 1 aliphatic rings. The Morgan fingerprint density at radius 2 is 1.82 bits per heavy atom. The van der Waals surface area contributed by atoms with Crippen LogP contribution in [-0.4, -0.2) is 48.1 Å². The number of rotatable bonds is 4.